The number of para-hydroxylation sites is 1. The molecular weight excluding hydrogens is 454 g/mol. The Morgan fingerprint density at radius 3 is 2.58 bits per heavy atom. The average Bonchev–Trinajstić information content (AvgIpc) is 3.30. The molecule has 5 rings (SSSR count). The molecule has 3 heterocycles. The Hall–Kier alpha value is -3.94. The molecule has 3 aromatic rings. The number of rotatable bonds is 7. The van der Waals surface area contributed by atoms with Crippen molar-refractivity contribution in [2.75, 3.05) is 32.2 Å². The summed E-state index contributed by atoms with van der Waals surface area (Å²) in [5.41, 5.74) is 10.9. The molecule has 8 heteroatoms. The van der Waals surface area contributed by atoms with Crippen LogP contribution in [0.4, 0.5) is 0 Å². The van der Waals surface area contributed by atoms with Gasteiger partial charge in [0, 0.05) is 31.1 Å². The van der Waals surface area contributed by atoms with E-state index < -0.39 is 5.91 Å². The Kier molecular flexibility index (Phi) is 6.84. The molecule has 2 aliphatic rings. The second-order valence-corrected chi connectivity index (χ2v) is 9.31. The molecule has 1 amide bonds. The third-order valence-corrected chi connectivity index (χ3v) is 7.10. The number of allylic oxidation sites excluding steroid dienone is 1. The number of benzene rings is 2. The Bertz CT molecular complexity index is 1250. The number of carbonyl (C=O) groups is 1. The van der Waals surface area contributed by atoms with E-state index in [0.717, 1.165) is 50.3 Å². The summed E-state index contributed by atoms with van der Waals surface area (Å²) in [6.07, 6.45) is 7.44. The number of nitrogens with two attached hydrogens (primary N) is 1. The van der Waals surface area contributed by atoms with E-state index in [9.17, 15) is 4.79 Å². The Morgan fingerprint density at radius 1 is 1.11 bits per heavy atom. The fourth-order valence-corrected chi connectivity index (χ4v) is 5.38. The van der Waals surface area contributed by atoms with Gasteiger partial charge in [-0.2, -0.15) is 0 Å². The van der Waals surface area contributed by atoms with Gasteiger partial charge in [-0.1, -0.05) is 24.3 Å². The molecule has 1 fully saturated rings. The van der Waals surface area contributed by atoms with Crippen molar-refractivity contribution < 1.29 is 14.3 Å². The van der Waals surface area contributed by atoms with Gasteiger partial charge in [-0.05, 0) is 68.6 Å². The van der Waals surface area contributed by atoms with Crippen molar-refractivity contribution in [2.45, 2.75) is 32.1 Å². The van der Waals surface area contributed by atoms with Crippen molar-refractivity contribution in [3.8, 4) is 28.5 Å². The summed E-state index contributed by atoms with van der Waals surface area (Å²) in [6, 6.07) is 15.1. The molecule has 1 saturated heterocycles. The van der Waals surface area contributed by atoms with Crippen molar-refractivity contribution in [1.82, 2.24) is 14.6 Å². The van der Waals surface area contributed by atoms with Gasteiger partial charge in [-0.25, -0.2) is 9.66 Å². The number of hydrogen-bond donors (Lipinski definition) is 2. The van der Waals surface area contributed by atoms with E-state index in [1.54, 1.807) is 7.11 Å². The molecule has 2 aliphatic heterocycles. The van der Waals surface area contributed by atoms with E-state index in [1.807, 2.05) is 53.2 Å². The number of primary amides is 1. The summed E-state index contributed by atoms with van der Waals surface area (Å²) in [5.74, 6) is 3.01. The minimum Gasteiger partial charge on any atom is -0.493 e. The number of aromatic nitrogens is 2. The lowest BCUT2D eigenvalue weighted by molar-refractivity contribution is 0.0992. The van der Waals surface area contributed by atoms with Crippen LogP contribution in [0.3, 0.4) is 0 Å². The van der Waals surface area contributed by atoms with E-state index in [4.69, 9.17) is 20.2 Å². The fraction of sp³-hybridized carbons (Fsp3) is 0.357. The minimum absolute atomic E-state index is 0.272. The predicted octanol–water partition coefficient (Wildman–Crippen LogP) is 4.73. The lowest BCUT2D eigenvalue weighted by Crippen LogP contribution is -2.38. The highest BCUT2D eigenvalue weighted by atomic mass is 16.5. The van der Waals surface area contributed by atoms with Crippen LogP contribution in [0.5, 0.6) is 17.2 Å². The standard InChI is InChI=1S/C28H33N5O3/c1-3-15-32-16-12-19(13-17-32)22-11-14-30-33-26(27(29)34)25(31-28(22)33)20-9-10-23(24(18-20)35-2)36-21-7-5-4-6-8-21/h3-10,15,18-19,22,30H,11-14,16-17H2,1-2H3,(H2,29,34). The van der Waals surface area contributed by atoms with Crippen molar-refractivity contribution in [3.05, 3.63) is 72.3 Å². The second-order valence-electron chi connectivity index (χ2n) is 9.31. The number of piperidine rings is 1. The Labute approximate surface area is 211 Å². The van der Waals surface area contributed by atoms with E-state index >= 15 is 0 Å². The second kappa shape index (κ2) is 10.4. The maximum atomic E-state index is 12.6. The zero-order valence-corrected chi connectivity index (χ0v) is 20.8. The number of methoxy groups -OCH3 is 1. The molecule has 0 saturated carbocycles. The monoisotopic (exact) mass is 487 g/mol. The van der Waals surface area contributed by atoms with Crippen LogP contribution in [0.1, 0.15) is 48.4 Å². The lowest BCUT2D eigenvalue weighted by Gasteiger charge is -2.37. The van der Waals surface area contributed by atoms with Crippen LogP contribution in [-0.4, -0.2) is 47.2 Å². The zero-order chi connectivity index (χ0) is 25.1. The zero-order valence-electron chi connectivity index (χ0n) is 20.8. The molecule has 36 heavy (non-hydrogen) atoms. The van der Waals surface area contributed by atoms with Crippen molar-refractivity contribution >= 4 is 5.91 Å². The van der Waals surface area contributed by atoms with Gasteiger partial charge in [0.25, 0.3) is 5.91 Å². The first-order valence-electron chi connectivity index (χ1n) is 12.5. The van der Waals surface area contributed by atoms with Gasteiger partial charge in [0.1, 0.15) is 17.3 Å². The summed E-state index contributed by atoms with van der Waals surface area (Å²) in [6.45, 7) is 4.90. The van der Waals surface area contributed by atoms with Gasteiger partial charge in [0.2, 0.25) is 0 Å². The van der Waals surface area contributed by atoms with Crippen LogP contribution in [0.15, 0.2) is 60.8 Å². The topological polar surface area (TPSA) is 94.6 Å². The van der Waals surface area contributed by atoms with Crippen LogP contribution >= 0.6 is 0 Å². The Morgan fingerprint density at radius 2 is 1.89 bits per heavy atom. The van der Waals surface area contributed by atoms with Crippen molar-refractivity contribution in [2.24, 2.45) is 11.7 Å². The number of carbonyl (C=O) groups excluding carboxylic acids is 1. The van der Waals surface area contributed by atoms with E-state index in [2.05, 4.69) is 29.5 Å². The summed E-state index contributed by atoms with van der Waals surface area (Å²) in [4.78, 5) is 20.0. The Balaban J connectivity index is 1.48. The molecule has 1 aromatic heterocycles. The summed E-state index contributed by atoms with van der Waals surface area (Å²) in [5, 5.41) is 0. The molecule has 0 aliphatic carbocycles. The van der Waals surface area contributed by atoms with Gasteiger partial charge in [-0.3, -0.25) is 4.79 Å². The average molecular weight is 488 g/mol. The molecular formula is C28H33N5O3. The SMILES string of the molecule is CC=CN1CCC(C2CCNn3c2nc(-c2ccc(Oc4ccccc4)c(OC)c2)c3C(N)=O)CC1. The fourth-order valence-electron chi connectivity index (χ4n) is 5.38. The number of nitrogens with one attached hydrogen (secondary N) is 1. The van der Waals surface area contributed by atoms with Crippen molar-refractivity contribution in [1.29, 1.82) is 0 Å². The minimum atomic E-state index is -0.511. The largest absolute Gasteiger partial charge is 0.493 e. The normalized spacial score (nSPS) is 18.1. The number of fused-ring (bicyclic) bond motifs is 1. The quantitative estimate of drug-likeness (QED) is 0.501. The van der Waals surface area contributed by atoms with Crippen molar-refractivity contribution in [3.63, 3.8) is 0 Å². The number of likely N-dealkylation sites (tertiary alicyclic amines) is 1. The third-order valence-electron chi connectivity index (χ3n) is 7.10. The number of ether oxygens (including phenoxy) is 2. The van der Waals surface area contributed by atoms with E-state index in [-0.39, 0.29) is 5.92 Å². The first-order chi connectivity index (χ1) is 17.6. The number of imidazole rings is 1. The van der Waals surface area contributed by atoms with E-state index in [1.165, 1.54) is 0 Å². The van der Waals surface area contributed by atoms with Crippen LogP contribution in [-0.2, 0) is 0 Å². The van der Waals surface area contributed by atoms with Gasteiger partial charge in [-0.15, -0.1) is 0 Å². The highest BCUT2D eigenvalue weighted by Crippen LogP contribution is 2.40. The van der Waals surface area contributed by atoms with Crippen LogP contribution in [0.25, 0.3) is 11.3 Å². The van der Waals surface area contributed by atoms with Crippen LogP contribution in [0, 0.1) is 5.92 Å². The first-order valence-corrected chi connectivity index (χ1v) is 12.5. The van der Waals surface area contributed by atoms with Gasteiger partial charge in [0.05, 0.1) is 7.11 Å². The highest BCUT2D eigenvalue weighted by molar-refractivity contribution is 5.98. The van der Waals surface area contributed by atoms with Crippen LogP contribution in [0.2, 0.25) is 0 Å². The number of nitrogens with zero attached hydrogens (tertiary/aromatic N) is 3. The van der Waals surface area contributed by atoms with E-state index in [0.29, 0.717) is 34.6 Å². The number of amides is 1. The molecule has 0 bridgehead atoms. The molecule has 0 spiro atoms. The van der Waals surface area contributed by atoms with Gasteiger partial charge in [0.15, 0.2) is 17.2 Å². The predicted molar refractivity (Wildman–Crippen MR) is 140 cm³/mol. The molecule has 1 unspecified atom stereocenters. The molecule has 0 radical (unpaired) electrons. The third kappa shape index (κ3) is 4.63. The van der Waals surface area contributed by atoms with Gasteiger partial charge >= 0.3 is 0 Å². The maximum Gasteiger partial charge on any atom is 0.269 e. The van der Waals surface area contributed by atoms with Crippen LogP contribution < -0.4 is 20.6 Å². The molecule has 2 aromatic carbocycles. The summed E-state index contributed by atoms with van der Waals surface area (Å²) < 4.78 is 13.5. The molecule has 3 N–H and O–H groups in total. The smallest absolute Gasteiger partial charge is 0.269 e. The number of hydrogen-bond acceptors (Lipinski definition) is 6. The lowest BCUT2D eigenvalue weighted by atomic mass is 9.81. The first kappa shape index (κ1) is 23.8. The summed E-state index contributed by atoms with van der Waals surface area (Å²) >= 11 is 0. The molecule has 188 valence electrons. The maximum absolute atomic E-state index is 12.6. The highest BCUT2D eigenvalue weighted by Gasteiger charge is 2.35. The molecule has 8 nitrogen and oxygen atoms in total. The molecule has 1 atom stereocenters. The van der Waals surface area contributed by atoms with Gasteiger partial charge < -0.3 is 25.5 Å². The summed E-state index contributed by atoms with van der Waals surface area (Å²) in [7, 11) is 1.60.